The van der Waals surface area contributed by atoms with E-state index in [-0.39, 0.29) is 18.0 Å². The lowest BCUT2D eigenvalue weighted by molar-refractivity contribution is -0.145. The number of aromatic nitrogens is 1. The summed E-state index contributed by atoms with van der Waals surface area (Å²) >= 11 is 1.15. The van der Waals surface area contributed by atoms with Crippen LogP contribution < -0.4 is 5.73 Å². The maximum Gasteiger partial charge on any atom is 0.346 e. The van der Waals surface area contributed by atoms with Crippen molar-refractivity contribution in [3.63, 3.8) is 0 Å². The van der Waals surface area contributed by atoms with Crippen LogP contribution in [-0.4, -0.2) is 36.7 Å². The molecule has 16 heavy (non-hydrogen) atoms. The van der Waals surface area contributed by atoms with Crippen LogP contribution in [-0.2, 0) is 19.2 Å². The van der Waals surface area contributed by atoms with Gasteiger partial charge in [0.15, 0.2) is 10.8 Å². The van der Waals surface area contributed by atoms with Gasteiger partial charge in [-0.25, -0.2) is 9.78 Å². The lowest BCUT2D eigenvalue weighted by atomic mass is 10.3. The monoisotopic (exact) mass is 242 g/mol. The summed E-state index contributed by atoms with van der Waals surface area (Å²) in [7, 11) is 1.21. The summed E-state index contributed by atoms with van der Waals surface area (Å²) in [5, 5.41) is 5.22. The molecule has 2 N–H and O–H groups in total. The van der Waals surface area contributed by atoms with E-state index in [1.165, 1.54) is 18.8 Å². The highest BCUT2D eigenvalue weighted by molar-refractivity contribution is 7.13. The van der Waals surface area contributed by atoms with Crippen molar-refractivity contribution in [1.29, 1.82) is 0 Å². The number of nitrogens with zero attached hydrogens (tertiary/aromatic N) is 2. The fourth-order valence-electron chi connectivity index (χ4n) is 0.723. The minimum atomic E-state index is -0.605. The van der Waals surface area contributed by atoms with Crippen molar-refractivity contribution in [2.75, 3.05) is 19.5 Å². The number of thiazole rings is 1. The zero-order valence-electron chi connectivity index (χ0n) is 8.30. The number of oxime groups is 1. The van der Waals surface area contributed by atoms with E-state index >= 15 is 0 Å². The first-order valence-electron chi connectivity index (χ1n) is 4.03. The molecule has 1 radical (unpaired) electrons. The summed E-state index contributed by atoms with van der Waals surface area (Å²) in [5.41, 5.74) is 5.47. The lowest BCUT2D eigenvalue weighted by Gasteiger charge is -1.97. The number of ether oxygens (including phenoxy) is 1. The van der Waals surface area contributed by atoms with Gasteiger partial charge in [-0.2, -0.15) is 0 Å². The molecule has 0 unspecified atom stereocenters. The Hall–Kier alpha value is -1.96. The Balaban J connectivity index is 2.64. The highest BCUT2D eigenvalue weighted by atomic mass is 32.1. The molecule has 1 rings (SSSR count). The van der Waals surface area contributed by atoms with Crippen molar-refractivity contribution in [1.82, 2.24) is 4.98 Å². The second-order valence-corrected chi connectivity index (χ2v) is 3.35. The van der Waals surface area contributed by atoms with Gasteiger partial charge in [-0.15, -0.1) is 11.3 Å². The fraction of sp³-hybridized carbons (Fsp3) is 0.250. The molecule has 0 saturated heterocycles. The Morgan fingerprint density at radius 1 is 1.75 bits per heavy atom. The topological polar surface area (TPSA) is 104 Å². The van der Waals surface area contributed by atoms with Gasteiger partial charge in [0, 0.05) is 5.38 Å². The van der Waals surface area contributed by atoms with E-state index in [0.717, 1.165) is 11.3 Å². The van der Waals surface area contributed by atoms with Gasteiger partial charge in [0.1, 0.15) is 5.69 Å². The quantitative estimate of drug-likeness (QED) is 0.433. The summed E-state index contributed by atoms with van der Waals surface area (Å²) in [4.78, 5) is 29.6. The number of hydrogen-bond acceptors (Lipinski definition) is 8. The fourth-order valence-corrected chi connectivity index (χ4v) is 1.27. The van der Waals surface area contributed by atoms with Crippen LogP contribution in [0.2, 0.25) is 0 Å². The zero-order valence-corrected chi connectivity index (χ0v) is 9.11. The van der Waals surface area contributed by atoms with Crippen molar-refractivity contribution in [3.8, 4) is 0 Å². The molecule has 1 aromatic heterocycles. The van der Waals surface area contributed by atoms with E-state index in [0.29, 0.717) is 5.13 Å². The number of nitrogens with two attached hydrogens (primary N) is 1. The molecule has 0 aliphatic heterocycles. The molecule has 1 aromatic rings. The van der Waals surface area contributed by atoms with Crippen LogP contribution in [0.1, 0.15) is 5.69 Å². The van der Waals surface area contributed by atoms with Crippen LogP contribution in [0, 0.1) is 0 Å². The summed E-state index contributed by atoms with van der Waals surface area (Å²) < 4.78 is 4.31. The largest absolute Gasteiger partial charge is 0.466 e. The van der Waals surface area contributed by atoms with Gasteiger partial charge < -0.3 is 15.3 Å². The molecule has 0 atom stereocenters. The minimum Gasteiger partial charge on any atom is -0.466 e. The van der Waals surface area contributed by atoms with Gasteiger partial charge in [-0.3, -0.25) is 4.79 Å². The molecule has 0 aromatic carbocycles. The maximum absolute atomic E-state index is 10.7. The Kier molecular flexibility index (Phi) is 4.40. The molecular weight excluding hydrogens is 234 g/mol. The van der Waals surface area contributed by atoms with Gasteiger partial charge >= 0.3 is 5.97 Å². The first-order valence-corrected chi connectivity index (χ1v) is 4.91. The van der Waals surface area contributed by atoms with Crippen LogP contribution in [0.25, 0.3) is 0 Å². The van der Waals surface area contributed by atoms with Gasteiger partial charge in [-0.05, 0) is 0 Å². The van der Waals surface area contributed by atoms with Gasteiger partial charge in [-0.1, -0.05) is 5.16 Å². The third-order valence-corrected chi connectivity index (χ3v) is 2.10. The summed E-state index contributed by atoms with van der Waals surface area (Å²) in [5.74, 6) is -0.605. The van der Waals surface area contributed by atoms with Gasteiger partial charge in [0.25, 0.3) is 6.29 Å². The first kappa shape index (κ1) is 12.1. The van der Waals surface area contributed by atoms with Crippen molar-refractivity contribution in [3.05, 3.63) is 11.1 Å². The number of nitrogen functional groups attached to an aromatic ring is 1. The molecule has 0 bridgehead atoms. The molecule has 1 heterocycles. The molecular formula is C8H8N3O4S. The molecule has 8 heteroatoms. The zero-order chi connectivity index (χ0) is 12.0. The van der Waals surface area contributed by atoms with E-state index in [1.807, 2.05) is 0 Å². The van der Waals surface area contributed by atoms with Crippen LogP contribution in [0.3, 0.4) is 0 Å². The third kappa shape index (κ3) is 3.31. The Bertz CT molecular complexity index is 415. The normalized spacial score (nSPS) is 10.9. The second kappa shape index (κ2) is 5.81. The number of carbonyl (C=O) groups is 1. The molecule has 0 spiro atoms. The molecule has 85 valence electrons. The van der Waals surface area contributed by atoms with E-state index in [1.54, 1.807) is 0 Å². The molecule has 0 aliphatic carbocycles. The highest BCUT2D eigenvalue weighted by Crippen LogP contribution is 2.11. The summed E-state index contributed by atoms with van der Waals surface area (Å²) in [6.45, 7) is -0.388. The summed E-state index contributed by atoms with van der Waals surface area (Å²) in [6.07, 6.45) is 1.53. The standard InChI is InChI=1S/C8H8N3O4S/c1-14-7(13)3-15-11-5(2-12)6-4-16-8(9)10-6/h4H,3H2,1H3,(H2,9,10)/b11-5-. The number of hydrogen-bond donors (Lipinski definition) is 1. The average molecular weight is 242 g/mol. The molecule has 0 aliphatic rings. The minimum absolute atomic E-state index is 0.156. The van der Waals surface area contributed by atoms with Gasteiger partial charge in [0.05, 0.1) is 7.11 Å². The summed E-state index contributed by atoms with van der Waals surface area (Å²) in [6, 6.07) is 0. The van der Waals surface area contributed by atoms with Crippen LogP contribution in [0.5, 0.6) is 0 Å². The Morgan fingerprint density at radius 2 is 2.50 bits per heavy atom. The first-order chi connectivity index (χ1) is 7.67. The molecule has 0 saturated carbocycles. The number of esters is 1. The maximum atomic E-state index is 10.7. The highest BCUT2D eigenvalue weighted by Gasteiger charge is 2.09. The third-order valence-electron chi connectivity index (χ3n) is 1.43. The van der Waals surface area contributed by atoms with Crippen molar-refractivity contribution >= 4 is 34.4 Å². The smallest absolute Gasteiger partial charge is 0.346 e. The second-order valence-electron chi connectivity index (χ2n) is 2.46. The molecule has 0 amide bonds. The lowest BCUT2D eigenvalue weighted by Crippen LogP contribution is -2.10. The van der Waals surface area contributed by atoms with E-state index in [9.17, 15) is 9.59 Å². The van der Waals surface area contributed by atoms with Crippen molar-refractivity contribution in [2.24, 2.45) is 5.16 Å². The predicted molar refractivity (Wildman–Crippen MR) is 56.7 cm³/mol. The molecule has 0 fully saturated rings. The van der Waals surface area contributed by atoms with Gasteiger partial charge in [0.2, 0.25) is 6.61 Å². The number of carbonyl (C=O) groups excluding carboxylic acids is 2. The molecule has 7 nitrogen and oxygen atoms in total. The number of rotatable bonds is 5. The average Bonchev–Trinajstić information content (AvgIpc) is 2.70. The van der Waals surface area contributed by atoms with E-state index in [2.05, 4.69) is 19.7 Å². The van der Waals surface area contributed by atoms with Crippen LogP contribution in [0.4, 0.5) is 5.13 Å². The van der Waals surface area contributed by atoms with Crippen molar-refractivity contribution < 1.29 is 19.2 Å². The van der Waals surface area contributed by atoms with E-state index < -0.39 is 5.97 Å². The predicted octanol–water partition coefficient (Wildman–Crippen LogP) is -0.271. The number of anilines is 1. The van der Waals surface area contributed by atoms with Crippen LogP contribution >= 0.6 is 11.3 Å². The van der Waals surface area contributed by atoms with Crippen molar-refractivity contribution in [2.45, 2.75) is 0 Å². The number of methoxy groups -OCH3 is 1. The SMILES string of the molecule is COC(=O)CO/N=C(/[C]=O)c1csc(N)n1. The van der Waals surface area contributed by atoms with E-state index in [4.69, 9.17) is 5.73 Å². The Morgan fingerprint density at radius 3 is 3.00 bits per heavy atom. The van der Waals surface area contributed by atoms with Crippen LogP contribution in [0.15, 0.2) is 10.5 Å². The Labute approximate surface area is 94.9 Å².